The van der Waals surface area contributed by atoms with Crippen molar-refractivity contribution in [3.63, 3.8) is 0 Å². The molecule has 0 spiro atoms. The van der Waals surface area contributed by atoms with Crippen LogP contribution in [-0.2, 0) is 9.53 Å². The molecular formula is C21H30N3O4+. The van der Waals surface area contributed by atoms with Gasteiger partial charge in [0, 0.05) is 10.9 Å². The van der Waals surface area contributed by atoms with Gasteiger partial charge in [0.15, 0.2) is 6.04 Å². The number of hydrogen-bond donors (Lipinski definition) is 3. The number of quaternary nitrogens is 1. The van der Waals surface area contributed by atoms with Gasteiger partial charge >= 0.3 is 5.97 Å². The van der Waals surface area contributed by atoms with Gasteiger partial charge in [0.05, 0.1) is 32.0 Å². The number of aromatic nitrogens is 1. The number of carbonyl (C=O) groups is 2. The Morgan fingerprint density at radius 3 is 2.82 bits per heavy atom. The van der Waals surface area contributed by atoms with Gasteiger partial charge in [0.2, 0.25) is 0 Å². The fourth-order valence-electron chi connectivity index (χ4n) is 4.04. The molecule has 3 atom stereocenters. The molecule has 1 fully saturated rings. The molecular weight excluding hydrogens is 358 g/mol. The molecule has 2 aromatic rings. The number of methoxy groups -OCH3 is 1. The number of nitrogens with one attached hydrogen (secondary N) is 3. The summed E-state index contributed by atoms with van der Waals surface area (Å²) in [7, 11) is 1.58. The average Bonchev–Trinajstić information content (AvgIpc) is 3.05. The second kappa shape index (κ2) is 8.65. The van der Waals surface area contributed by atoms with Crippen LogP contribution in [0.4, 0.5) is 5.69 Å². The number of likely N-dealkylation sites (tertiary alicyclic amines) is 1. The van der Waals surface area contributed by atoms with Gasteiger partial charge in [-0.15, -0.1) is 0 Å². The van der Waals surface area contributed by atoms with E-state index in [9.17, 15) is 9.59 Å². The topological polar surface area (TPSA) is 84.9 Å². The van der Waals surface area contributed by atoms with Crippen LogP contribution in [0.1, 0.15) is 50.5 Å². The average molecular weight is 388 g/mol. The molecule has 1 aliphatic heterocycles. The molecule has 3 rings (SSSR count). The highest BCUT2D eigenvalue weighted by Crippen LogP contribution is 2.31. The fraction of sp³-hybridized carbons (Fsp3) is 0.524. The van der Waals surface area contributed by atoms with Crippen LogP contribution in [0.2, 0.25) is 0 Å². The van der Waals surface area contributed by atoms with Crippen LogP contribution in [0.5, 0.6) is 5.75 Å². The zero-order valence-electron chi connectivity index (χ0n) is 17.1. The number of amides is 1. The summed E-state index contributed by atoms with van der Waals surface area (Å²) in [4.78, 5) is 29.9. The van der Waals surface area contributed by atoms with Gasteiger partial charge in [0.1, 0.15) is 11.4 Å². The van der Waals surface area contributed by atoms with Crippen molar-refractivity contribution in [1.82, 2.24) is 4.98 Å². The number of piperidine rings is 1. The van der Waals surface area contributed by atoms with E-state index < -0.39 is 5.97 Å². The highest BCUT2D eigenvalue weighted by atomic mass is 16.5. The smallest absolute Gasteiger partial charge is 0.356 e. The maximum atomic E-state index is 13.1. The molecule has 1 aliphatic rings. The van der Waals surface area contributed by atoms with Crippen LogP contribution in [-0.4, -0.2) is 49.2 Å². The molecule has 7 nitrogen and oxygen atoms in total. The first-order valence-electron chi connectivity index (χ1n) is 9.99. The molecule has 1 amide bonds. The maximum Gasteiger partial charge on any atom is 0.356 e. The van der Waals surface area contributed by atoms with Crippen LogP contribution >= 0.6 is 0 Å². The van der Waals surface area contributed by atoms with Crippen molar-refractivity contribution in [2.24, 2.45) is 0 Å². The van der Waals surface area contributed by atoms with E-state index in [-0.39, 0.29) is 24.2 Å². The maximum absolute atomic E-state index is 13.1. The lowest BCUT2D eigenvalue weighted by atomic mass is 10.0. The van der Waals surface area contributed by atoms with E-state index in [0.29, 0.717) is 17.5 Å². The lowest BCUT2D eigenvalue weighted by Gasteiger charge is -2.34. The Hall–Kier alpha value is -2.54. The summed E-state index contributed by atoms with van der Waals surface area (Å²) < 4.78 is 10.5. The molecule has 1 unspecified atom stereocenters. The summed E-state index contributed by atoms with van der Waals surface area (Å²) in [5, 5.41) is 3.72. The number of fused-ring (bicyclic) bond motifs is 1. The number of ether oxygens (including phenoxy) is 2. The Kier molecular flexibility index (Phi) is 6.24. The normalized spacial score (nSPS) is 20.6. The van der Waals surface area contributed by atoms with Crippen LogP contribution in [0.3, 0.4) is 0 Å². The monoisotopic (exact) mass is 388 g/mol. The first kappa shape index (κ1) is 20.2. The molecule has 0 radical (unpaired) electrons. The Labute approximate surface area is 165 Å². The van der Waals surface area contributed by atoms with Gasteiger partial charge in [-0.1, -0.05) is 0 Å². The summed E-state index contributed by atoms with van der Waals surface area (Å²) in [5.74, 6) is 0.0676. The molecule has 0 aliphatic carbocycles. The van der Waals surface area contributed by atoms with E-state index in [1.807, 2.05) is 25.1 Å². The van der Waals surface area contributed by atoms with Gasteiger partial charge in [0.25, 0.3) is 5.91 Å². The molecule has 1 aromatic carbocycles. The fourth-order valence-corrected chi connectivity index (χ4v) is 4.04. The van der Waals surface area contributed by atoms with Crippen molar-refractivity contribution in [2.45, 2.75) is 52.1 Å². The number of carbonyl (C=O) groups excluding carboxylic acids is 2. The number of benzene rings is 1. The van der Waals surface area contributed by atoms with Crippen LogP contribution < -0.4 is 15.0 Å². The van der Waals surface area contributed by atoms with Gasteiger partial charge in [-0.3, -0.25) is 4.79 Å². The van der Waals surface area contributed by atoms with E-state index in [1.54, 1.807) is 14.0 Å². The standard InChI is InChI=1S/C21H29N3O4/c1-5-28-21(26)19-18(16-12-15(27-4)9-10-17(16)22-19)23-20(25)14(3)24-11-7-6-8-13(24)2/h9-10,12-14,22H,5-8,11H2,1-4H3,(H,23,25)/p+1/t13-,14-/m0/s1. The molecule has 2 heterocycles. The summed E-state index contributed by atoms with van der Waals surface area (Å²) in [5.41, 5.74) is 1.45. The second-order valence-electron chi connectivity index (χ2n) is 7.44. The van der Waals surface area contributed by atoms with Crippen molar-refractivity contribution in [2.75, 3.05) is 25.6 Å². The van der Waals surface area contributed by atoms with Crippen LogP contribution in [0, 0.1) is 0 Å². The van der Waals surface area contributed by atoms with Crippen molar-refractivity contribution >= 4 is 28.5 Å². The highest BCUT2D eigenvalue weighted by Gasteiger charge is 2.33. The molecule has 7 heteroatoms. The molecule has 152 valence electrons. The van der Waals surface area contributed by atoms with Gasteiger partial charge in [-0.2, -0.15) is 0 Å². The van der Waals surface area contributed by atoms with Crippen molar-refractivity contribution in [3.05, 3.63) is 23.9 Å². The first-order valence-corrected chi connectivity index (χ1v) is 9.99. The summed E-state index contributed by atoms with van der Waals surface area (Å²) in [6.07, 6.45) is 3.48. The van der Waals surface area contributed by atoms with E-state index in [0.717, 1.165) is 30.3 Å². The summed E-state index contributed by atoms with van der Waals surface area (Å²) in [6, 6.07) is 5.68. The predicted molar refractivity (Wildman–Crippen MR) is 108 cm³/mol. The minimum absolute atomic E-state index is 0.0991. The minimum Gasteiger partial charge on any atom is -0.497 e. The number of H-pyrrole nitrogens is 1. The third-order valence-corrected chi connectivity index (χ3v) is 5.67. The second-order valence-corrected chi connectivity index (χ2v) is 7.44. The van der Waals surface area contributed by atoms with Crippen molar-refractivity contribution < 1.29 is 24.0 Å². The van der Waals surface area contributed by atoms with Crippen LogP contribution in [0.15, 0.2) is 18.2 Å². The Morgan fingerprint density at radius 1 is 1.36 bits per heavy atom. The third-order valence-electron chi connectivity index (χ3n) is 5.67. The molecule has 0 saturated carbocycles. The number of esters is 1. The molecule has 1 aromatic heterocycles. The van der Waals surface area contributed by atoms with Gasteiger partial charge in [-0.25, -0.2) is 4.79 Å². The first-order chi connectivity index (χ1) is 13.5. The summed E-state index contributed by atoms with van der Waals surface area (Å²) >= 11 is 0. The Morgan fingerprint density at radius 2 is 2.14 bits per heavy atom. The van der Waals surface area contributed by atoms with E-state index >= 15 is 0 Å². The highest BCUT2D eigenvalue weighted by molar-refractivity contribution is 6.11. The number of anilines is 1. The quantitative estimate of drug-likeness (QED) is 0.662. The lowest BCUT2D eigenvalue weighted by Crippen LogP contribution is -3.20. The molecule has 3 N–H and O–H groups in total. The van der Waals surface area contributed by atoms with Crippen molar-refractivity contribution in [3.8, 4) is 5.75 Å². The van der Waals surface area contributed by atoms with Crippen molar-refractivity contribution in [1.29, 1.82) is 0 Å². The summed E-state index contributed by atoms with van der Waals surface area (Å²) in [6.45, 7) is 7.15. The van der Waals surface area contributed by atoms with E-state index in [4.69, 9.17) is 9.47 Å². The van der Waals surface area contributed by atoms with E-state index in [1.165, 1.54) is 11.3 Å². The molecule has 28 heavy (non-hydrogen) atoms. The third kappa shape index (κ3) is 3.99. The largest absolute Gasteiger partial charge is 0.497 e. The SMILES string of the molecule is CCOC(=O)c1[nH]c2ccc(OC)cc2c1NC(=O)[C@H](C)[NH+]1CCCC[C@@H]1C. The van der Waals surface area contributed by atoms with Crippen LogP contribution in [0.25, 0.3) is 10.9 Å². The number of hydrogen-bond acceptors (Lipinski definition) is 4. The van der Waals surface area contributed by atoms with E-state index in [2.05, 4.69) is 17.2 Å². The Bertz CT molecular complexity index is 861. The zero-order valence-corrected chi connectivity index (χ0v) is 17.1. The lowest BCUT2D eigenvalue weighted by molar-refractivity contribution is -0.941. The predicted octanol–water partition coefficient (Wildman–Crippen LogP) is 2.14. The van der Waals surface area contributed by atoms with Gasteiger partial charge < -0.3 is 24.7 Å². The Balaban J connectivity index is 1.94. The molecule has 0 bridgehead atoms. The minimum atomic E-state index is -0.487. The number of rotatable bonds is 6. The molecule has 1 saturated heterocycles. The number of aromatic amines is 1. The van der Waals surface area contributed by atoms with Gasteiger partial charge in [-0.05, 0) is 58.2 Å². The zero-order chi connectivity index (χ0) is 20.3.